The average Bonchev–Trinajstić information content (AvgIpc) is 2.91. The lowest BCUT2D eigenvalue weighted by molar-refractivity contribution is -0.141. The fourth-order valence-corrected chi connectivity index (χ4v) is 5.68. The molecule has 11 heteroatoms. The van der Waals surface area contributed by atoms with Gasteiger partial charge in [-0.3, -0.25) is 9.59 Å². The number of carbonyl (C=O) groups excluding carboxylic acids is 2. The summed E-state index contributed by atoms with van der Waals surface area (Å²) in [6.07, 6.45) is 0.218. The van der Waals surface area contributed by atoms with Crippen molar-refractivity contribution in [1.82, 2.24) is 14.5 Å². The quantitative estimate of drug-likeness (QED) is 0.281. The van der Waals surface area contributed by atoms with Gasteiger partial charge in [0, 0.05) is 41.6 Å². The van der Waals surface area contributed by atoms with Crippen molar-refractivity contribution >= 4 is 56.6 Å². The first-order chi connectivity index (χ1) is 18.9. The van der Waals surface area contributed by atoms with Gasteiger partial charge in [-0.25, -0.2) is 8.42 Å². The third kappa shape index (κ3) is 8.69. The normalized spacial score (nSPS) is 12.4. The number of nitrogens with one attached hydrogen (secondary N) is 1. The van der Waals surface area contributed by atoms with Crippen LogP contribution in [0.3, 0.4) is 0 Å². The molecule has 0 aromatic heterocycles. The molecule has 3 rings (SSSR count). The van der Waals surface area contributed by atoms with Crippen molar-refractivity contribution in [3.8, 4) is 0 Å². The Balaban J connectivity index is 1.99. The summed E-state index contributed by atoms with van der Waals surface area (Å²) in [5.74, 6) is -0.724. The molecule has 214 valence electrons. The summed E-state index contributed by atoms with van der Waals surface area (Å²) in [4.78, 5) is 28.8. The fraction of sp³-hybridized carbons (Fsp3) is 0.310. The van der Waals surface area contributed by atoms with Crippen LogP contribution < -0.4 is 5.32 Å². The third-order valence-electron chi connectivity index (χ3n) is 6.19. The van der Waals surface area contributed by atoms with Crippen molar-refractivity contribution in [1.29, 1.82) is 0 Å². The van der Waals surface area contributed by atoms with Gasteiger partial charge in [-0.05, 0) is 53.4 Å². The largest absolute Gasteiger partial charge is 0.354 e. The molecule has 3 aromatic rings. The Kier molecular flexibility index (Phi) is 11.4. The number of carbonyl (C=O) groups is 2. The molecule has 0 saturated carbocycles. The van der Waals surface area contributed by atoms with E-state index in [9.17, 15) is 18.0 Å². The third-order valence-corrected chi connectivity index (χ3v) is 8.85. The molecular formula is C29H32Cl3N3O4S. The minimum atomic E-state index is -4.01. The van der Waals surface area contributed by atoms with E-state index in [-0.39, 0.29) is 29.7 Å². The molecule has 0 unspecified atom stereocenters. The summed E-state index contributed by atoms with van der Waals surface area (Å²) >= 11 is 18.5. The van der Waals surface area contributed by atoms with Crippen LogP contribution in [0, 0.1) is 5.92 Å². The highest BCUT2D eigenvalue weighted by Crippen LogP contribution is 2.25. The second-order valence-corrected chi connectivity index (χ2v) is 13.1. The second kappa shape index (κ2) is 14.3. The molecule has 0 bridgehead atoms. The highest BCUT2D eigenvalue weighted by atomic mass is 35.5. The molecule has 0 saturated heterocycles. The van der Waals surface area contributed by atoms with Crippen LogP contribution in [0.1, 0.15) is 25.0 Å². The number of hydrogen-bond donors (Lipinski definition) is 1. The smallest absolute Gasteiger partial charge is 0.243 e. The zero-order chi connectivity index (χ0) is 29.4. The first-order valence-corrected chi connectivity index (χ1v) is 15.2. The molecule has 7 nitrogen and oxygen atoms in total. The van der Waals surface area contributed by atoms with E-state index < -0.39 is 28.5 Å². The molecule has 1 N–H and O–H groups in total. The maximum atomic E-state index is 13.9. The SMILES string of the molecule is CC(C)CNC(=O)[C@@H](Cc1ccccc1)N(Cc1ccc(Cl)cc1Cl)C(=O)CN(C)S(=O)(=O)c1ccc(Cl)cc1. The number of nitrogens with zero attached hydrogens (tertiary/aromatic N) is 2. The number of rotatable bonds is 12. The summed E-state index contributed by atoms with van der Waals surface area (Å²) in [6.45, 7) is 3.83. The van der Waals surface area contributed by atoms with Gasteiger partial charge in [0.15, 0.2) is 0 Å². The monoisotopic (exact) mass is 623 g/mol. The number of likely N-dealkylation sites (N-methyl/N-ethyl adjacent to an activating group) is 1. The molecule has 0 radical (unpaired) electrons. The van der Waals surface area contributed by atoms with Gasteiger partial charge in [-0.1, -0.05) is 85.0 Å². The highest BCUT2D eigenvalue weighted by molar-refractivity contribution is 7.89. The van der Waals surface area contributed by atoms with Crippen molar-refractivity contribution < 1.29 is 18.0 Å². The van der Waals surface area contributed by atoms with Gasteiger partial charge in [0.25, 0.3) is 0 Å². The van der Waals surface area contributed by atoms with Crippen LogP contribution in [0.2, 0.25) is 15.1 Å². The summed E-state index contributed by atoms with van der Waals surface area (Å²) in [6, 6.07) is 19.0. The summed E-state index contributed by atoms with van der Waals surface area (Å²) in [5.41, 5.74) is 1.41. The van der Waals surface area contributed by atoms with E-state index in [1.807, 2.05) is 44.2 Å². The lowest BCUT2D eigenvalue weighted by Gasteiger charge is -2.33. The molecule has 0 heterocycles. The number of benzene rings is 3. The first kappa shape index (κ1) is 31.9. The van der Waals surface area contributed by atoms with Gasteiger partial charge in [0.1, 0.15) is 6.04 Å². The van der Waals surface area contributed by atoms with Gasteiger partial charge in [0.2, 0.25) is 21.8 Å². The van der Waals surface area contributed by atoms with Crippen molar-refractivity contribution in [2.75, 3.05) is 20.1 Å². The predicted molar refractivity (Wildman–Crippen MR) is 160 cm³/mol. The van der Waals surface area contributed by atoms with Crippen LogP contribution >= 0.6 is 34.8 Å². The van der Waals surface area contributed by atoms with Crippen LogP contribution in [0.15, 0.2) is 77.7 Å². The number of halogens is 3. The van der Waals surface area contributed by atoms with E-state index in [0.29, 0.717) is 27.2 Å². The van der Waals surface area contributed by atoms with Crippen molar-refractivity contribution in [3.05, 3.63) is 99.0 Å². The molecule has 0 spiro atoms. The number of hydrogen-bond acceptors (Lipinski definition) is 4. The fourth-order valence-electron chi connectivity index (χ4n) is 3.96. The van der Waals surface area contributed by atoms with Gasteiger partial charge in [0.05, 0.1) is 11.4 Å². The van der Waals surface area contributed by atoms with E-state index in [0.717, 1.165) is 9.87 Å². The average molecular weight is 625 g/mol. The van der Waals surface area contributed by atoms with E-state index in [1.54, 1.807) is 18.2 Å². The molecule has 0 aliphatic rings. The predicted octanol–water partition coefficient (Wildman–Crippen LogP) is 5.68. The molecule has 1 atom stereocenters. The topological polar surface area (TPSA) is 86.8 Å². The van der Waals surface area contributed by atoms with Crippen LogP contribution in [0.5, 0.6) is 0 Å². The highest BCUT2D eigenvalue weighted by Gasteiger charge is 2.33. The zero-order valence-corrected chi connectivity index (χ0v) is 25.6. The van der Waals surface area contributed by atoms with Gasteiger partial charge in [-0.15, -0.1) is 0 Å². The standard InChI is InChI=1S/C29H32Cl3N3O4S/c1-20(2)17-33-29(37)27(15-21-7-5-4-6-8-21)35(18-22-9-10-24(31)16-26(22)32)28(36)19-34(3)40(38,39)25-13-11-23(30)12-14-25/h4-14,16,20,27H,15,17-19H2,1-3H3,(H,33,37)/t27-/m1/s1. The second-order valence-electron chi connectivity index (χ2n) is 9.82. The van der Waals surface area contributed by atoms with Crippen LogP contribution in [-0.4, -0.2) is 55.6 Å². The van der Waals surface area contributed by atoms with Crippen molar-refractivity contribution in [2.24, 2.45) is 5.92 Å². The summed E-state index contributed by atoms with van der Waals surface area (Å²) in [5, 5.41) is 4.07. The Hall–Kier alpha value is -2.62. The van der Waals surface area contributed by atoms with E-state index in [4.69, 9.17) is 34.8 Å². The maximum absolute atomic E-state index is 13.9. The Labute approximate surface area is 251 Å². The molecule has 40 heavy (non-hydrogen) atoms. The van der Waals surface area contributed by atoms with Crippen molar-refractivity contribution in [3.63, 3.8) is 0 Å². The van der Waals surface area contributed by atoms with E-state index in [1.165, 1.54) is 36.2 Å². The van der Waals surface area contributed by atoms with Crippen LogP contribution in [-0.2, 0) is 32.6 Å². The molecule has 0 aliphatic heterocycles. The minimum Gasteiger partial charge on any atom is -0.354 e. The molecular weight excluding hydrogens is 593 g/mol. The Morgan fingerprint density at radius 2 is 1.52 bits per heavy atom. The maximum Gasteiger partial charge on any atom is 0.243 e. The lowest BCUT2D eigenvalue weighted by Crippen LogP contribution is -2.53. The summed E-state index contributed by atoms with van der Waals surface area (Å²) < 4.78 is 27.4. The van der Waals surface area contributed by atoms with Crippen LogP contribution in [0.25, 0.3) is 0 Å². The minimum absolute atomic E-state index is 0.00462. The molecule has 2 amide bonds. The summed E-state index contributed by atoms with van der Waals surface area (Å²) in [7, 11) is -2.69. The van der Waals surface area contributed by atoms with E-state index >= 15 is 0 Å². The number of amides is 2. The Morgan fingerprint density at radius 3 is 2.12 bits per heavy atom. The number of sulfonamides is 1. The van der Waals surface area contributed by atoms with Crippen molar-refractivity contribution in [2.45, 2.75) is 37.8 Å². The van der Waals surface area contributed by atoms with Gasteiger partial charge in [-0.2, -0.15) is 4.31 Å². The van der Waals surface area contributed by atoms with Gasteiger partial charge >= 0.3 is 0 Å². The Bertz CT molecular complexity index is 1420. The lowest BCUT2D eigenvalue weighted by atomic mass is 10.0. The molecule has 3 aromatic carbocycles. The Morgan fingerprint density at radius 1 is 0.900 bits per heavy atom. The van der Waals surface area contributed by atoms with E-state index in [2.05, 4.69) is 5.32 Å². The van der Waals surface area contributed by atoms with Crippen LogP contribution in [0.4, 0.5) is 0 Å². The zero-order valence-electron chi connectivity index (χ0n) is 22.5. The van der Waals surface area contributed by atoms with Gasteiger partial charge < -0.3 is 10.2 Å². The first-order valence-electron chi connectivity index (χ1n) is 12.7. The molecule has 0 aliphatic carbocycles. The molecule has 0 fully saturated rings.